The summed E-state index contributed by atoms with van der Waals surface area (Å²) in [4.78, 5) is 7.13. The number of nitrogens with zero attached hydrogens (tertiary/aromatic N) is 2. The number of nitrogens with one attached hydrogen (secondary N) is 1. The van der Waals surface area contributed by atoms with E-state index in [9.17, 15) is 13.2 Å². The molecule has 4 nitrogen and oxygen atoms in total. The number of ether oxygens (including phenoxy) is 1. The van der Waals surface area contributed by atoms with E-state index in [1.54, 1.807) is 20.8 Å². The van der Waals surface area contributed by atoms with Gasteiger partial charge in [-0.2, -0.15) is 18.2 Å². The molecule has 0 saturated heterocycles. The Morgan fingerprint density at radius 3 is 2.18 bits per heavy atom. The molecular weight excluding hydrogens is 235 g/mol. The fraction of sp³-hybridized carbons (Fsp3) is 0.600. The maximum Gasteiger partial charge on any atom is 0.433 e. The summed E-state index contributed by atoms with van der Waals surface area (Å²) in [6.07, 6.45) is -4.52. The minimum atomic E-state index is -4.52. The van der Waals surface area contributed by atoms with E-state index in [0.29, 0.717) is 0 Å². The molecule has 1 aromatic rings. The predicted octanol–water partition coefficient (Wildman–Crippen LogP) is 2.71. The Balaban J connectivity index is 3.15. The minimum absolute atomic E-state index is 0.107. The molecule has 0 aliphatic heterocycles. The molecule has 0 amide bonds. The second-order valence-electron chi connectivity index (χ2n) is 4.38. The van der Waals surface area contributed by atoms with Gasteiger partial charge in [-0.05, 0) is 20.8 Å². The lowest BCUT2D eigenvalue weighted by Crippen LogP contribution is -2.24. The lowest BCUT2D eigenvalue weighted by molar-refractivity contribution is -0.141. The van der Waals surface area contributed by atoms with Crippen molar-refractivity contribution in [2.45, 2.75) is 32.5 Å². The standard InChI is InChI=1S/C10H14F3N3O/c1-9(2,3)17-7-5-6(10(11,12)13)15-8(14-4)16-7/h5H,1-4H3,(H,14,15,16). The lowest BCUT2D eigenvalue weighted by Gasteiger charge is -2.21. The van der Waals surface area contributed by atoms with E-state index in [2.05, 4.69) is 15.3 Å². The highest BCUT2D eigenvalue weighted by molar-refractivity contribution is 5.31. The van der Waals surface area contributed by atoms with E-state index < -0.39 is 17.5 Å². The van der Waals surface area contributed by atoms with E-state index in [1.807, 2.05) is 0 Å². The summed E-state index contributed by atoms with van der Waals surface area (Å²) in [5, 5.41) is 2.46. The number of halogens is 3. The summed E-state index contributed by atoms with van der Waals surface area (Å²) >= 11 is 0. The van der Waals surface area contributed by atoms with Crippen LogP contribution in [0.15, 0.2) is 6.07 Å². The van der Waals surface area contributed by atoms with Gasteiger partial charge in [0, 0.05) is 13.1 Å². The number of anilines is 1. The molecule has 1 N–H and O–H groups in total. The van der Waals surface area contributed by atoms with E-state index in [1.165, 1.54) is 7.05 Å². The maximum absolute atomic E-state index is 12.5. The average Bonchev–Trinajstić information content (AvgIpc) is 2.13. The molecular formula is C10H14F3N3O. The summed E-state index contributed by atoms with van der Waals surface area (Å²) in [5.74, 6) is -0.233. The van der Waals surface area contributed by atoms with Gasteiger partial charge < -0.3 is 10.1 Å². The van der Waals surface area contributed by atoms with Crippen molar-refractivity contribution in [3.63, 3.8) is 0 Å². The van der Waals surface area contributed by atoms with Crippen LogP contribution < -0.4 is 10.1 Å². The third kappa shape index (κ3) is 4.08. The molecule has 0 aliphatic rings. The van der Waals surface area contributed by atoms with Gasteiger partial charge in [0.25, 0.3) is 0 Å². The fourth-order valence-corrected chi connectivity index (χ4v) is 1.05. The van der Waals surface area contributed by atoms with Crippen molar-refractivity contribution >= 4 is 5.95 Å². The Hall–Kier alpha value is -1.53. The molecule has 96 valence electrons. The summed E-state index contributed by atoms with van der Waals surface area (Å²) in [6, 6.07) is 0.784. The van der Waals surface area contributed by atoms with Crippen LogP contribution in [0.25, 0.3) is 0 Å². The van der Waals surface area contributed by atoms with Crippen molar-refractivity contribution in [2.75, 3.05) is 12.4 Å². The van der Waals surface area contributed by atoms with Crippen molar-refractivity contribution in [3.05, 3.63) is 11.8 Å². The number of hydrogen-bond acceptors (Lipinski definition) is 4. The molecule has 1 rings (SSSR count). The second kappa shape index (κ2) is 4.38. The van der Waals surface area contributed by atoms with Crippen molar-refractivity contribution in [1.82, 2.24) is 9.97 Å². The van der Waals surface area contributed by atoms with E-state index in [4.69, 9.17) is 4.74 Å². The van der Waals surface area contributed by atoms with Crippen molar-refractivity contribution in [2.24, 2.45) is 0 Å². The Bertz CT molecular complexity index is 399. The van der Waals surface area contributed by atoms with Crippen LogP contribution in [0.3, 0.4) is 0 Å². The lowest BCUT2D eigenvalue weighted by atomic mass is 10.2. The Morgan fingerprint density at radius 1 is 1.18 bits per heavy atom. The molecule has 1 heterocycles. The van der Waals surface area contributed by atoms with Crippen LogP contribution in [0.1, 0.15) is 26.5 Å². The number of hydrogen-bond donors (Lipinski definition) is 1. The van der Waals surface area contributed by atoms with Crippen LogP contribution in [0.2, 0.25) is 0 Å². The second-order valence-corrected chi connectivity index (χ2v) is 4.38. The van der Waals surface area contributed by atoms with Gasteiger partial charge in [-0.1, -0.05) is 0 Å². The summed E-state index contributed by atoms with van der Waals surface area (Å²) in [7, 11) is 1.44. The molecule has 0 fully saturated rings. The van der Waals surface area contributed by atoms with Crippen LogP contribution >= 0.6 is 0 Å². The van der Waals surface area contributed by atoms with Crippen molar-refractivity contribution in [1.29, 1.82) is 0 Å². The van der Waals surface area contributed by atoms with Crippen LogP contribution in [-0.2, 0) is 6.18 Å². The first-order chi connectivity index (χ1) is 7.62. The third-order valence-corrected chi connectivity index (χ3v) is 1.63. The summed E-state index contributed by atoms with van der Waals surface area (Å²) in [6.45, 7) is 5.17. The van der Waals surface area contributed by atoms with Gasteiger partial charge in [0.05, 0.1) is 0 Å². The van der Waals surface area contributed by atoms with Gasteiger partial charge in [-0.25, -0.2) is 4.98 Å². The molecule has 0 bridgehead atoms. The predicted molar refractivity (Wildman–Crippen MR) is 57.0 cm³/mol. The molecule has 7 heteroatoms. The summed E-state index contributed by atoms with van der Waals surface area (Å²) < 4.78 is 42.9. The SMILES string of the molecule is CNc1nc(OC(C)(C)C)cc(C(F)(F)F)n1. The third-order valence-electron chi connectivity index (χ3n) is 1.63. The van der Waals surface area contributed by atoms with Crippen LogP contribution in [0.5, 0.6) is 5.88 Å². The monoisotopic (exact) mass is 249 g/mol. The Labute approximate surface area is 97.2 Å². The molecule has 1 aromatic heterocycles. The molecule has 0 radical (unpaired) electrons. The first-order valence-electron chi connectivity index (χ1n) is 4.95. The highest BCUT2D eigenvalue weighted by Gasteiger charge is 2.34. The quantitative estimate of drug-likeness (QED) is 0.875. The van der Waals surface area contributed by atoms with E-state index in [0.717, 1.165) is 6.07 Å². The first kappa shape index (κ1) is 13.5. The van der Waals surface area contributed by atoms with Gasteiger partial charge in [0.1, 0.15) is 5.60 Å². The van der Waals surface area contributed by atoms with Gasteiger partial charge in [-0.3, -0.25) is 0 Å². The van der Waals surface area contributed by atoms with Crippen LogP contribution in [0.4, 0.5) is 19.1 Å². The molecule has 0 spiro atoms. The topological polar surface area (TPSA) is 47.0 Å². The summed E-state index contributed by atoms with van der Waals surface area (Å²) in [5.41, 5.74) is -1.65. The van der Waals surface area contributed by atoms with E-state index in [-0.39, 0.29) is 11.8 Å². The van der Waals surface area contributed by atoms with Crippen molar-refractivity contribution in [3.8, 4) is 5.88 Å². The van der Waals surface area contributed by atoms with Crippen LogP contribution in [-0.4, -0.2) is 22.6 Å². The highest BCUT2D eigenvalue weighted by Crippen LogP contribution is 2.30. The molecule has 0 saturated carbocycles. The zero-order valence-electron chi connectivity index (χ0n) is 10.0. The largest absolute Gasteiger partial charge is 0.472 e. The molecule has 0 aliphatic carbocycles. The zero-order valence-corrected chi connectivity index (χ0v) is 10.0. The van der Waals surface area contributed by atoms with Crippen molar-refractivity contribution < 1.29 is 17.9 Å². The molecule has 0 atom stereocenters. The number of rotatable bonds is 2. The smallest absolute Gasteiger partial charge is 0.433 e. The zero-order chi connectivity index (χ0) is 13.3. The number of alkyl halides is 3. The maximum atomic E-state index is 12.5. The fourth-order valence-electron chi connectivity index (χ4n) is 1.05. The Morgan fingerprint density at radius 2 is 1.76 bits per heavy atom. The normalized spacial score (nSPS) is 12.4. The van der Waals surface area contributed by atoms with Gasteiger partial charge in [0.2, 0.25) is 11.8 Å². The average molecular weight is 249 g/mol. The minimum Gasteiger partial charge on any atom is -0.472 e. The van der Waals surface area contributed by atoms with E-state index >= 15 is 0 Å². The highest BCUT2D eigenvalue weighted by atomic mass is 19.4. The van der Waals surface area contributed by atoms with Gasteiger partial charge in [-0.15, -0.1) is 0 Å². The molecule has 0 unspecified atom stereocenters. The van der Waals surface area contributed by atoms with Crippen LogP contribution in [0, 0.1) is 0 Å². The number of aromatic nitrogens is 2. The molecule has 0 aromatic carbocycles. The Kier molecular flexibility index (Phi) is 3.49. The first-order valence-corrected chi connectivity index (χ1v) is 4.95. The molecule has 17 heavy (non-hydrogen) atoms. The van der Waals surface area contributed by atoms with Gasteiger partial charge in [0.15, 0.2) is 5.69 Å². The van der Waals surface area contributed by atoms with Gasteiger partial charge >= 0.3 is 6.18 Å².